The number of nitrogens with one attached hydrogen (secondary N) is 1. The normalized spacial score (nSPS) is 18.5. The van der Waals surface area contributed by atoms with Crippen molar-refractivity contribution in [2.24, 2.45) is 0 Å². The Hall–Kier alpha value is -3.68. The SMILES string of the molecule is CCOC(=O)c1ccc(NC(=O)CC2C(=O)N(c3cccc(C)c3)C(=O)N2C2CCCC2)cc1. The van der Waals surface area contributed by atoms with Crippen molar-refractivity contribution in [3.63, 3.8) is 0 Å². The lowest BCUT2D eigenvalue weighted by atomic mass is 10.1. The number of hydrogen-bond acceptors (Lipinski definition) is 5. The zero-order valence-electron chi connectivity index (χ0n) is 19.5. The first-order chi connectivity index (χ1) is 16.4. The molecule has 2 aromatic carbocycles. The summed E-state index contributed by atoms with van der Waals surface area (Å²) in [6.07, 6.45) is 3.52. The molecule has 1 aliphatic carbocycles. The lowest BCUT2D eigenvalue weighted by molar-refractivity contribution is -0.124. The van der Waals surface area contributed by atoms with Crippen molar-refractivity contribution in [3.05, 3.63) is 59.7 Å². The highest BCUT2D eigenvalue weighted by molar-refractivity contribution is 6.22. The number of carbonyl (C=O) groups is 4. The number of anilines is 2. The molecule has 0 radical (unpaired) electrons. The molecule has 1 saturated heterocycles. The van der Waals surface area contributed by atoms with Gasteiger partial charge in [0.1, 0.15) is 6.04 Å². The zero-order valence-corrected chi connectivity index (χ0v) is 19.5. The highest BCUT2D eigenvalue weighted by atomic mass is 16.5. The van der Waals surface area contributed by atoms with Gasteiger partial charge in [-0.05, 0) is 68.7 Å². The molecule has 1 atom stereocenters. The molecule has 1 heterocycles. The van der Waals surface area contributed by atoms with Gasteiger partial charge in [0, 0.05) is 11.7 Å². The van der Waals surface area contributed by atoms with Gasteiger partial charge in [-0.1, -0.05) is 25.0 Å². The van der Waals surface area contributed by atoms with E-state index in [2.05, 4.69) is 5.32 Å². The summed E-state index contributed by atoms with van der Waals surface area (Å²) in [5.74, 6) is -1.18. The summed E-state index contributed by atoms with van der Waals surface area (Å²) >= 11 is 0. The Balaban J connectivity index is 1.51. The summed E-state index contributed by atoms with van der Waals surface area (Å²) in [5.41, 5.74) is 2.35. The number of imide groups is 1. The van der Waals surface area contributed by atoms with Crippen LogP contribution in [0.4, 0.5) is 16.2 Å². The quantitative estimate of drug-likeness (QED) is 0.488. The third-order valence-corrected chi connectivity index (χ3v) is 6.29. The predicted octanol–water partition coefficient (Wildman–Crippen LogP) is 4.28. The minimum absolute atomic E-state index is 0.0482. The van der Waals surface area contributed by atoms with E-state index >= 15 is 0 Å². The fourth-order valence-electron chi connectivity index (χ4n) is 4.69. The molecule has 1 aliphatic heterocycles. The number of esters is 1. The molecule has 178 valence electrons. The van der Waals surface area contributed by atoms with Crippen LogP contribution < -0.4 is 10.2 Å². The van der Waals surface area contributed by atoms with E-state index in [9.17, 15) is 19.2 Å². The fourth-order valence-corrected chi connectivity index (χ4v) is 4.69. The van der Waals surface area contributed by atoms with Crippen molar-refractivity contribution in [3.8, 4) is 0 Å². The molecular formula is C26H29N3O5. The van der Waals surface area contributed by atoms with Gasteiger partial charge >= 0.3 is 12.0 Å². The van der Waals surface area contributed by atoms with E-state index in [0.717, 1.165) is 31.2 Å². The lowest BCUT2D eigenvalue weighted by Crippen LogP contribution is -2.43. The molecule has 2 aliphatic rings. The first kappa shape index (κ1) is 23.5. The van der Waals surface area contributed by atoms with Crippen LogP contribution in [0.15, 0.2) is 48.5 Å². The van der Waals surface area contributed by atoms with Crippen molar-refractivity contribution < 1.29 is 23.9 Å². The number of benzene rings is 2. The third-order valence-electron chi connectivity index (χ3n) is 6.29. The Morgan fingerprint density at radius 2 is 1.76 bits per heavy atom. The Morgan fingerprint density at radius 3 is 2.41 bits per heavy atom. The van der Waals surface area contributed by atoms with Crippen LogP contribution in [0.5, 0.6) is 0 Å². The van der Waals surface area contributed by atoms with Gasteiger partial charge in [0.15, 0.2) is 0 Å². The van der Waals surface area contributed by atoms with E-state index in [1.54, 1.807) is 48.2 Å². The fraction of sp³-hybridized carbons (Fsp3) is 0.385. The van der Waals surface area contributed by atoms with E-state index in [1.165, 1.54) is 4.90 Å². The Kier molecular flexibility index (Phi) is 6.95. The molecule has 1 saturated carbocycles. The first-order valence-corrected chi connectivity index (χ1v) is 11.7. The number of carbonyl (C=O) groups excluding carboxylic acids is 4. The van der Waals surface area contributed by atoms with Crippen molar-refractivity contribution in [1.82, 2.24) is 4.90 Å². The Morgan fingerprint density at radius 1 is 1.06 bits per heavy atom. The van der Waals surface area contributed by atoms with E-state index in [-0.39, 0.29) is 36.9 Å². The van der Waals surface area contributed by atoms with Gasteiger partial charge in [-0.3, -0.25) is 9.59 Å². The molecule has 1 N–H and O–H groups in total. The van der Waals surface area contributed by atoms with E-state index in [1.807, 2.05) is 19.1 Å². The number of rotatable bonds is 7. The number of urea groups is 1. The molecule has 1 unspecified atom stereocenters. The molecule has 34 heavy (non-hydrogen) atoms. The number of ether oxygens (including phenoxy) is 1. The third kappa shape index (κ3) is 4.81. The molecular weight excluding hydrogens is 434 g/mol. The second-order valence-electron chi connectivity index (χ2n) is 8.71. The van der Waals surface area contributed by atoms with Crippen LogP contribution in [0, 0.1) is 6.92 Å². The lowest BCUT2D eigenvalue weighted by Gasteiger charge is -2.27. The van der Waals surface area contributed by atoms with Crippen LogP contribution in [0.25, 0.3) is 0 Å². The highest BCUT2D eigenvalue weighted by Gasteiger charge is 2.49. The van der Waals surface area contributed by atoms with E-state index < -0.39 is 12.0 Å². The smallest absolute Gasteiger partial charge is 0.338 e. The second kappa shape index (κ2) is 10.1. The Labute approximate surface area is 198 Å². The number of amides is 4. The molecule has 0 aromatic heterocycles. The molecule has 8 nitrogen and oxygen atoms in total. The summed E-state index contributed by atoms with van der Waals surface area (Å²) < 4.78 is 4.97. The maximum atomic E-state index is 13.4. The first-order valence-electron chi connectivity index (χ1n) is 11.7. The van der Waals surface area contributed by atoms with Gasteiger partial charge < -0.3 is 15.0 Å². The summed E-state index contributed by atoms with van der Waals surface area (Å²) in [5, 5.41) is 2.78. The van der Waals surface area contributed by atoms with Crippen LogP contribution in [0.2, 0.25) is 0 Å². The maximum absolute atomic E-state index is 13.4. The average Bonchev–Trinajstić information content (AvgIpc) is 3.41. The Bertz CT molecular complexity index is 1090. The van der Waals surface area contributed by atoms with E-state index in [0.29, 0.717) is 16.9 Å². The minimum atomic E-state index is -0.852. The van der Waals surface area contributed by atoms with Crippen LogP contribution in [-0.4, -0.2) is 47.4 Å². The molecule has 0 bridgehead atoms. The van der Waals surface area contributed by atoms with Crippen LogP contribution in [0.3, 0.4) is 0 Å². The monoisotopic (exact) mass is 463 g/mol. The minimum Gasteiger partial charge on any atom is -0.462 e. The largest absolute Gasteiger partial charge is 0.462 e. The summed E-state index contributed by atoms with van der Waals surface area (Å²) in [6.45, 7) is 3.92. The van der Waals surface area contributed by atoms with Gasteiger partial charge in [-0.15, -0.1) is 0 Å². The van der Waals surface area contributed by atoms with Gasteiger partial charge in [0.25, 0.3) is 5.91 Å². The molecule has 0 spiro atoms. The van der Waals surface area contributed by atoms with Gasteiger partial charge in [-0.2, -0.15) is 0 Å². The van der Waals surface area contributed by atoms with Gasteiger partial charge in [-0.25, -0.2) is 14.5 Å². The average molecular weight is 464 g/mol. The van der Waals surface area contributed by atoms with Crippen LogP contribution >= 0.6 is 0 Å². The summed E-state index contributed by atoms with van der Waals surface area (Å²) in [4.78, 5) is 54.3. The number of hydrogen-bond donors (Lipinski definition) is 1. The van der Waals surface area contributed by atoms with Gasteiger partial charge in [0.05, 0.1) is 24.3 Å². The van der Waals surface area contributed by atoms with Crippen molar-refractivity contribution in [1.29, 1.82) is 0 Å². The zero-order chi connectivity index (χ0) is 24.2. The maximum Gasteiger partial charge on any atom is 0.338 e. The topological polar surface area (TPSA) is 96.0 Å². The molecule has 4 rings (SSSR count). The summed E-state index contributed by atoms with van der Waals surface area (Å²) in [6, 6.07) is 12.4. The number of aryl methyl sites for hydroxylation is 1. The summed E-state index contributed by atoms with van der Waals surface area (Å²) in [7, 11) is 0. The van der Waals surface area contributed by atoms with Crippen molar-refractivity contribution in [2.75, 3.05) is 16.8 Å². The molecule has 4 amide bonds. The van der Waals surface area contributed by atoms with E-state index in [4.69, 9.17) is 4.74 Å². The molecule has 2 fully saturated rings. The van der Waals surface area contributed by atoms with Crippen molar-refractivity contribution in [2.45, 2.75) is 58.0 Å². The van der Waals surface area contributed by atoms with Crippen LogP contribution in [0.1, 0.15) is 54.9 Å². The number of nitrogens with zero attached hydrogens (tertiary/aromatic N) is 2. The van der Waals surface area contributed by atoms with Crippen LogP contribution in [-0.2, 0) is 14.3 Å². The predicted molar refractivity (Wildman–Crippen MR) is 128 cm³/mol. The molecule has 8 heteroatoms. The van der Waals surface area contributed by atoms with Crippen molar-refractivity contribution >= 4 is 35.2 Å². The molecule has 2 aromatic rings. The van der Waals surface area contributed by atoms with Gasteiger partial charge in [0.2, 0.25) is 5.91 Å². The highest BCUT2D eigenvalue weighted by Crippen LogP contribution is 2.34. The standard InChI is InChI=1S/C26H29N3O5/c1-3-34-25(32)18-11-13-19(14-12-18)27-23(30)16-22-24(31)29(21-10-6-7-17(2)15-21)26(33)28(22)20-8-4-5-9-20/h6-7,10-15,20,22H,3-5,8-9,16H2,1-2H3,(H,27,30). The second-order valence-corrected chi connectivity index (χ2v) is 8.71.